The average molecular weight is 518 g/mol. The number of carbonyl (C=O) groups excluding carboxylic acids is 1. The van der Waals surface area contributed by atoms with Gasteiger partial charge in [0.2, 0.25) is 0 Å². The van der Waals surface area contributed by atoms with Crippen LogP contribution in [0.3, 0.4) is 0 Å². The number of hydrogen-bond acceptors (Lipinski definition) is 3. The Hall–Kier alpha value is -3.19. The lowest BCUT2D eigenvalue weighted by Gasteiger charge is -2.27. The molecule has 3 heterocycles. The van der Waals surface area contributed by atoms with Crippen molar-refractivity contribution in [1.29, 1.82) is 0 Å². The Kier molecular flexibility index (Phi) is 5.90. The smallest absolute Gasteiger partial charge is 0.273 e. The molecule has 0 aliphatic carbocycles. The molecule has 1 amide bonds. The van der Waals surface area contributed by atoms with Gasteiger partial charge in [0.1, 0.15) is 5.69 Å². The quantitative estimate of drug-likeness (QED) is 0.320. The number of aromatic nitrogens is 4. The number of imidazole rings is 1. The van der Waals surface area contributed by atoms with Gasteiger partial charge in [-0.3, -0.25) is 9.48 Å². The Bertz CT molecular complexity index is 1290. The van der Waals surface area contributed by atoms with Crippen molar-refractivity contribution in [2.45, 2.75) is 45.3 Å². The van der Waals surface area contributed by atoms with E-state index >= 15 is 0 Å². The van der Waals surface area contributed by atoms with E-state index in [0.29, 0.717) is 12.2 Å². The van der Waals surface area contributed by atoms with Gasteiger partial charge in [-0.15, -0.1) is 0 Å². The molecule has 1 aliphatic rings. The van der Waals surface area contributed by atoms with Crippen LogP contribution >= 0.6 is 15.9 Å². The van der Waals surface area contributed by atoms with Crippen LogP contribution in [0, 0.1) is 0 Å². The van der Waals surface area contributed by atoms with Gasteiger partial charge in [0.15, 0.2) is 0 Å². The largest absolute Gasteiger partial charge is 0.337 e. The first-order valence-corrected chi connectivity index (χ1v) is 12.3. The highest BCUT2D eigenvalue weighted by Crippen LogP contribution is 2.45. The summed E-state index contributed by atoms with van der Waals surface area (Å²) in [5.74, 6) is 0.0400. The SMILES string of the molecule is CC(C)(C)n1nc(-c2ccccc2)c2c1C(=O)N(CCCn1ccnc1)C2c1ccc(Br)cc1. The summed E-state index contributed by atoms with van der Waals surface area (Å²) < 4.78 is 4.99. The summed E-state index contributed by atoms with van der Waals surface area (Å²) in [6.07, 6.45) is 6.39. The molecule has 0 spiro atoms. The number of rotatable bonds is 6. The number of carbonyl (C=O) groups is 1. The minimum atomic E-state index is -0.330. The summed E-state index contributed by atoms with van der Waals surface area (Å²) in [4.78, 5) is 20.1. The molecule has 4 aromatic rings. The molecule has 2 aromatic carbocycles. The van der Waals surface area contributed by atoms with E-state index in [2.05, 4.69) is 70.5 Å². The Morgan fingerprint density at radius 3 is 2.38 bits per heavy atom. The molecule has 174 valence electrons. The predicted molar refractivity (Wildman–Crippen MR) is 137 cm³/mol. The van der Waals surface area contributed by atoms with Crippen LogP contribution in [-0.4, -0.2) is 36.7 Å². The molecule has 0 saturated heterocycles. The Morgan fingerprint density at radius 2 is 1.74 bits per heavy atom. The van der Waals surface area contributed by atoms with Gasteiger partial charge in [0.05, 0.1) is 23.6 Å². The summed E-state index contributed by atoms with van der Waals surface area (Å²) >= 11 is 3.55. The van der Waals surface area contributed by atoms with Gasteiger partial charge in [-0.05, 0) is 44.9 Å². The summed E-state index contributed by atoms with van der Waals surface area (Å²) in [6.45, 7) is 7.74. The van der Waals surface area contributed by atoms with Crippen LogP contribution in [0.2, 0.25) is 0 Å². The number of hydrogen-bond donors (Lipinski definition) is 0. The van der Waals surface area contributed by atoms with Gasteiger partial charge in [-0.1, -0.05) is 58.4 Å². The van der Waals surface area contributed by atoms with Gasteiger partial charge in [-0.25, -0.2) is 4.98 Å². The van der Waals surface area contributed by atoms with E-state index in [0.717, 1.165) is 39.8 Å². The van der Waals surface area contributed by atoms with Crippen LogP contribution in [0.5, 0.6) is 0 Å². The Morgan fingerprint density at radius 1 is 1.00 bits per heavy atom. The maximum atomic E-state index is 14.0. The topological polar surface area (TPSA) is 56.0 Å². The van der Waals surface area contributed by atoms with Crippen LogP contribution in [-0.2, 0) is 12.1 Å². The van der Waals surface area contributed by atoms with Crippen molar-refractivity contribution in [3.63, 3.8) is 0 Å². The number of halogens is 1. The van der Waals surface area contributed by atoms with Gasteiger partial charge >= 0.3 is 0 Å². The first-order chi connectivity index (χ1) is 16.3. The third-order valence-electron chi connectivity index (χ3n) is 6.21. The lowest BCUT2D eigenvalue weighted by Crippen LogP contribution is -2.34. The van der Waals surface area contributed by atoms with Crippen molar-refractivity contribution in [1.82, 2.24) is 24.2 Å². The molecule has 5 rings (SSSR count). The molecular formula is C27H28BrN5O. The molecule has 1 atom stereocenters. The number of benzene rings is 2. The van der Waals surface area contributed by atoms with Gasteiger partial charge < -0.3 is 9.47 Å². The first kappa shape index (κ1) is 22.6. The van der Waals surface area contributed by atoms with Crippen LogP contribution < -0.4 is 0 Å². The number of amides is 1. The van der Waals surface area contributed by atoms with Crippen molar-refractivity contribution in [2.24, 2.45) is 0 Å². The molecule has 0 N–H and O–H groups in total. The number of fused-ring (bicyclic) bond motifs is 1. The van der Waals surface area contributed by atoms with E-state index < -0.39 is 0 Å². The maximum absolute atomic E-state index is 14.0. The van der Waals surface area contributed by atoms with Gasteiger partial charge in [0.25, 0.3) is 5.91 Å². The number of nitrogens with zero attached hydrogens (tertiary/aromatic N) is 5. The first-order valence-electron chi connectivity index (χ1n) is 11.6. The van der Waals surface area contributed by atoms with E-state index in [4.69, 9.17) is 5.10 Å². The molecule has 0 saturated carbocycles. The van der Waals surface area contributed by atoms with Crippen LogP contribution in [0.1, 0.15) is 54.8 Å². The zero-order chi connectivity index (χ0) is 23.9. The highest BCUT2D eigenvalue weighted by molar-refractivity contribution is 9.10. The third kappa shape index (κ3) is 4.09. The molecule has 1 aliphatic heterocycles. The van der Waals surface area contributed by atoms with E-state index in [9.17, 15) is 4.79 Å². The molecule has 6 nitrogen and oxygen atoms in total. The van der Waals surface area contributed by atoms with Crippen molar-refractivity contribution in [3.05, 3.63) is 94.6 Å². The number of aryl methyl sites for hydroxylation is 1. The van der Waals surface area contributed by atoms with Crippen LogP contribution in [0.4, 0.5) is 0 Å². The summed E-state index contributed by atoms with van der Waals surface area (Å²) in [5.41, 5.74) is 4.35. The van der Waals surface area contributed by atoms with Gasteiger partial charge in [-0.2, -0.15) is 5.10 Å². The Balaban J connectivity index is 1.63. The molecule has 2 aromatic heterocycles. The maximum Gasteiger partial charge on any atom is 0.273 e. The predicted octanol–water partition coefficient (Wildman–Crippen LogP) is 5.90. The van der Waals surface area contributed by atoms with E-state index in [-0.39, 0.29) is 17.5 Å². The lowest BCUT2D eigenvalue weighted by atomic mass is 9.96. The van der Waals surface area contributed by atoms with Crippen molar-refractivity contribution in [2.75, 3.05) is 6.54 Å². The van der Waals surface area contributed by atoms with Crippen LogP contribution in [0.15, 0.2) is 77.8 Å². The molecule has 1 unspecified atom stereocenters. The molecule has 0 bridgehead atoms. The highest BCUT2D eigenvalue weighted by Gasteiger charge is 2.45. The summed E-state index contributed by atoms with van der Waals surface area (Å²) in [6, 6.07) is 18.3. The second kappa shape index (κ2) is 8.87. The fourth-order valence-corrected chi connectivity index (χ4v) is 4.93. The van der Waals surface area contributed by atoms with Crippen molar-refractivity contribution in [3.8, 4) is 11.3 Å². The molecule has 7 heteroatoms. The fourth-order valence-electron chi connectivity index (χ4n) is 4.66. The zero-order valence-electron chi connectivity index (χ0n) is 19.6. The van der Waals surface area contributed by atoms with Gasteiger partial charge in [0, 0.05) is 41.1 Å². The molecular weight excluding hydrogens is 490 g/mol. The minimum absolute atomic E-state index is 0.0400. The fraction of sp³-hybridized carbons (Fsp3) is 0.296. The van der Waals surface area contributed by atoms with Crippen molar-refractivity contribution < 1.29 is 4.79 Å². The normalized spacial score (nSPS) is 15.7. The van der Waals surface area contributed by atoms with E-state index in [1.165, 1.54) is 0 Å². The van der Waals surface area contributed by atoms with Crippen LogP contribution in [0.25, 0.3) is 11.3 Å². The third-order valence-corrected chi connectivity index (χ3v) is 6.74. The average Bonchev–Trinajstić information content (AvgIpc) is 3.53. The van der Waals surface area contributed by atoms with E-state index in [1.54, 1.807) is 6.20 Å². The summed E-state index contributed by atoms with van der Waals surface area (Å²) in [7, 11) is 0. The molecule has 0 fully saturated rings. The second-order valence-electron chi connectivity index (χ2n) is 9.67. The standard InChI is InChI=1S/C27H28BrN5O/c1-27(2,3)33-25-22(23(30-33)19-8-5-4-6-9-19)24(20-10-12-21(28)13-11-20)32(26(25)34)16-7-15-31-17-14-29-18-31/h4-6,8-14,17-18,24H,7,15-16H2,1-3H3. The second-order valence-corrected chi connectivity index (χ2v) is 10.6. The molecule has 34 heavy (non-hydrogen) atoms. The lowest BCUT2D eigenvalue weighted by molar-refractivity contribution is 0.0727. The summed E-state index contributed by atoms with van der Waals surface area (Å²) in [5, 5.41) is 5.02. The Labute approximate surface area is 208 Å². The molecule has 0 radical (unpaired) electrons. The zero-order valence-corrected chi connectivity index (χ0v) is 21.2. The van der Waals surface area contributed by atoms with Crippen molar-refractivity contribution >= 4 is 21.8 Å². The monoisotopic (exact) mass is 517 g/mol. The van der Waals surface area contributed by atoms with E-state index in [1.807, 2.05) is 52.4 Å². The highest BCUT2D eigenvalue weighted by atomic mass is 79.9. The minimum Gasteiger partial charge on any atom is -0.337 e.